The average Bonchev–Trinajstić information content (AvgIpc) is 2.79. The van der Waals surface area contributed by atoms with Gasteiger partial charge in [0.1, 0.15) is 5.82 Å². The molecule has 0 aromatic heterocycles. The van der Waals surface area contributed by atoms with Crippen molar-refractivity contribution < 1.29 is 4.39 Å². The fraction of sp³-hybridized carbons (Fsp3) is 0.500. The molecule has 1 nitrogen and oxygen atoms in total. The van der Waals surface area contributed by atoms with Crippen LogP contribution in [0.15, 0.2) is 24.3 Å². The van der Waals surface area contributed by atoms with E-state index < -0.39 is 0 Å². The molecule has 2 atom stereocenters. The zero-order valence-corrected chi connectivity index (χ0v) is 8.46. The molecule has 2 rings (SSSR count). The Balaban J connectivity index is 2.17. The molecular formula is C12H16FN. The molecule has 1 saturated carbocycles. The first-order valence-electron chi connectivity index (χ1n) is 5.21. The molecule has 0 bridgehead atoms. The molecule has 1 aromatic rings. The largest absolute Gasteiger partial charge is 0.321 e. The van der Waals surface area contributed by atoms with Crippen LogP contribution in [-0.4, -0.2) is 0 Å². The molecule has 1 aliphatic carbocycles. The summed E-state index contributed by atoms with van der Waals surface area (Å²) in [6, 6.07) is 6.69. The van der Waals surface area contributed by atoms with Crippen LogP contribution in [0.1, 0.15) is 31.7 Å². The molecule has 76 valence electrons. The van der Waals surface area contributed by atoms with Gasteiger partial charge in [0.2, 0.25) is 0 Å². The van der Waals surface area contributed by atoms with E-state index >= 15 is 0 Å². The molecule has 1 fully saturated rings. The Kier molecular flexibility index (Phi) is 2.31. The Labute approximate surface area is 84.1 Å². The SMILES string of the molecule is CCCC1CC1(N)c1cccc(F)c1. The highest BCUT2D eigenvalue weighted by molar-refractivity contribution is 5.32. The Hall–Kier alpha value is -0.890. The second kappa shape index (κ2) is 3.35. The third-order valence-electron chi connectivity index (χ3n) is 3.15. The summed E-state index contributed by atoms with van der Waals surface area (Å²) in [5.74, 6) is 0.365. The molecule has 1 aromatic carbocycles. The second-order valence-corrected chi connectivity index (χ2v) is 4.24. The number of hydrogen-bond acceptors (Lipinski definition) is 1. The van der Waals surface area contributed by atoms with E-state index in [9.17, 15) is 4.39 Å². The third-order valence-corrected chi connectivity index (χ3v) is 3.15. The number of hydrogen-bond donors (Lipinski definition) is 1. The van der Waals surface area contributed by atoms with Crippen molar-refractivity contribution in [3.05, 3.63) is 35.6 Å². The Bertz CT molecular complexity index is 337. The van der Waals surface area contributed by atoms with Crippen LogP contribution in [0.4, 0.5) is 4.39 Å². The highest BCUT2D eigenvalue weighted by Crippen LogP contribution is 2.52. The van der Waals surface area contributed by atoms with Crippen LogP contribution in [0.5, 0.6) is 0 Å². The maximum Gasteiger partial charge on any atom is 0.123 e. The zero-order valence-electron chi connectivity index (χ0n) is 8.46. The summed E-state index contributed by atoms with van der Waals surface area (Å²) in [6.45, 7) is 2.16. The Morgan fingerprint density at radius 3 is 3.00 bits per heavy atom. The van der Waals surface area contributed by atoms with E-state index in [0.29, 0.717) is 5.92 Å². The van der Waals surface area contributed by atoms with E-state index in [1.165, 1.54) is 6.07 Å². The number of benzene rings is 1. The summed E-state index contributed by atoms with van der Waals surface area (Å²) in [5.41, 5.74) is 6.92. The van der Waals surface area contributed by atoms with Gasteiger partial charge in [-0.3, -0.25) is 0 Å². The van der Waals surface area contributed by atoms with Crippen molar-refractivity contribution in [2.24, 2.45) is 11.7 Å². The third kappa shape index (κ3) is 1.55. The monoisotopic (exact) mass is 193 g/mol. The van der Waals surface area contributed by atoms with Gasteiger partial charge in [-0.2, -0.15) is 0 Å². The lowest BCUT2D eigenvalue weighted by Crippen LogP contribution is -2.22. The first-order valence-corrected chi connectivity index (χ1v) is 5.21. The first-order chi connectivity index (χ1) is 6.66. The van der Waals surface area contributed by atoms with Gasteiger partial charge in [0.05, 0.1) is 0 Å². The van der Waals surface area contributed by atoms with Crippen LogP contribution >= 0.6 is 0 Å². The van der Waals surface area contributed by atoms with E-state index in [2.05, 4.69) is 6.92 Å². The van der Waals surface area contributed by atoms with Crippen LogP contribution < -0.4 is 5.73 Å². The standard InChI is InChI=1S/C12H16FN/c1-2-4-10-8-12(10,14)9-5-3-6-11(13)7-9/h3,5-7,10H,2,4,8,14H2,1H3. The predicted octanol–water partition coefficient (Wildman–Crippen LogP) is 2.80. The second-order valence-electron chi connectivity index (χ2n) is 4.24. The molecular weight excluding hydrogens is 177 g/mol. The fourth-order valence-corrected chi connectivity index (χ4v) is 2.19. The molecule has 0 saturated heterocycles. The fourth-order valence-electron chi connectivity index (χ4n) is 2.19. The van der Waals surface area contributed by atoms with E-state index in [1.807, 2.05) is 6.07 Å². The Morgan fingerprint density at radius 1 is 1.57 bits per heavy atom. The molecule has 2 unspecified atom stereocenters. The first kappa shape index (κ1) is 9.66. The van der Waals surface area contributed by atoms with Crippen molar-refractivity contribution in [3.8, 4) is 0 Å². The smallest absolute Gasteiger partial charge is 0.123 e. The van der Waals surface area contributed by atoms with Crippen LogP contribution in [0.25, 0.3) is 0 Å². The minimum absolute atomic E-state index is 0.186. The van der Waals surface area contributed by atoms with Gasteiger partial charge in [-0.05, 0) is 36.5 Å². The van der Waals surface area contributed by atoms with E-state index in [4.69, 9.17) is 5.73 Å². The molecule has 2 heteroatoms. The normalized spacial score (nSPS) is 30.4. The topological polar surface area (TPSA) is 26.0 Å². The van der Waals surface area contributed by atoms with Gasteiger partial charge >= 0.3 is 0 Å². The van der Waals surface area contributed by atoms with Crippen molar-refractivity contribution in [3.63, 3.8) is 0 Å². The summed E-state index contributed by atoms with van der Waals surface area (Å²) in [4.78, 5) is 0. The number of rotatable bonds is 3. The van der Waals surface area contributed by atoms with Crippen molar-refractivity contribution in [2.45, 2.75) is 31.7 Å². The molecule has 0 amide bonds. The lowest BCUT2D eigenvalue weighted by molar-refractivity contribution is 0.573. The van der Waals surface area contributed by atoms with Crippen molar-refractivity contribution >= 4 is 0 Å². The quantitative estimate of drug-likeness (QED) is 0.784. The molecule has 0 spiro atoms. The van der Waals surface area contributed by atoms with Crippen LogP contribution in [0.2, 0.25) is 0 Å². The van der Waals surface area contributed by atoms with E-state index in [1.54, 1.807) is 12.1 Å². The highest BCUT2D eigenvalue weighted by Gasteiger charge is 2.51. The molecule has 14 heavy (non-hydrogen) atoms. The molecule has 0 heterocycles. The van der Waals surface area contributed by atoms with Crippen molar-refractivity contribution in [1.29, 1.82) is 0 Å². The summed E-state index contributed by atoms with van der Waals surface area (Å²) in [6.07, 6.45) is 3.30. The summed E-state index contributed by atoms with van der Waals surface area (Å²) in [5, 5.41) is 0. The van der Waals surface area contributed by atoms with Crippen LogP contribution in [-0.2, 0) is 5.54 Å². The number of nitrogens with two attached hydrogens (primary N) is 1. The number of halogens is 1. The molecule has 0 radical (unpaired) electrons. The van der Waals surface area contributed by atoms with Crippen LogP contribution in [0.3, 0.4) is 0 Å². The molecule has 2 N–H and O–H groups in total. The van der Waals surface area contributed by atoms with Gasteiger partial charge in [-0.25, -0.2) is 4.39 Å². The zero-order chi connectivity index (χ0) is 10.2. The van der Waals surface area contributed by atoms with Gasteiger partial charge in [-0.15, -0.1) is 0 Å². The summed E-state index contributed by atoms with van der Waals surface area (Å²) in [7, 11) is 0. The van der Waals surface area contributed by atoms with Crippen molar-refractivity contribution in [2.75, 3.05) is 0 Å². The lowest BCUT2D eigenvalue weighted by Gasteiger charge is -2.11. The Morgan fingerprint density at radius 2 is 2.36 bits per heavy atom. The van der Waals surface area contributed by atoms with Gasteiger partial charge in [0.25, 0.3) is 0 Å². The van der Waals surface area contributed by atoms with Gasteiger partial charge in [0.15, 0.2) is 0 Å². The lowest BCUT2D eigenvalue weighted by atomic mass is 10.0. The van der Waals surface area contributed by atoms with Gasteiger partial charge in [-0.1, -0.05) is 25.5 Å². The van der Waals surface area contributed by atoms with Gasteiger partial charge in [0, 0.05) is 5.54 Å². The predicted molar refractivity (Wildman–Crippen MR) is 55.3 cm³/mol. The van der Waals surface area contributed by atoms with Gasteiger partial charge < -0.3 is 5.73 Å². The summed E-state index contributed by atoms with van der Waals surface area (Å²) < 4.78 is 13.0. The summed E-state index contributed by atoms with van der Waals surface area (Å²) >= 11 is 0. The minimum atomic E-state index is -0.238. The van der Waals surface area contributed by atoms with E-state index in [-0.39, 0.29) is 11.4 Å². The maximum absolute atomic E-state index is 13.0. The maximum atomic E-state index is 13.0. The van der Waals surface area contributed by atoms with Crippen LogP contribution in [0, 0.1) is 11.7 Å². The minimum Gasteiger partial charge on any atom is -0.321 e. The van der Waals surface area contributed by atoms with E-state index in [0.717, 1.165) is 24.8 Å². The molecule has 1 aliphatic rings. The highest BCUT2D eigenvalue weighted by atomic mass is 19.1. The molecule has 0 aliphatic heterocycles. The average molecular weight is 193 g/mol. The van der Waals surface area contributed by atoms with Crippen molar-refractivity contribution in [1.82, 2.24) is 0 Å².